The van der Waals surface area contributed by atoms with Crippen LogP contribution in [0.15, 0.2) is 212 Å². The van der Waals surface area contributed by atoms with Crippen molar-refractivity contribution in [1.82, 2.24) is 13.7 Å². The lowest BCUT2D eigenvalue weighted by Crippen LogP contribution is -1.94. The minimum absolute atomic E-state index is 1.17. The average molecular weight is 862 g/mol. The van der Waals surface area contributed by atoms with Gasteiger partial charge in [-0.2, -0.15) is 0 Å². The quantitative estimate of drug-likeness (QED) is 0.167. The number of nitrogens with zero attached hydrogens (tertiary/aromatic N) is 3. The summed E-state index contributed by atoms with van der Waals surface area (Å²) in [5, 5.41) is 12.8. The van der Waals surface area contributed by atoms with Crippen LogP contribution in [0.3, 0.4) is 0 Å². The van der Waals surface area contributed by atoms with E-state index in [1.54, 1.807) is 0 Å². The van der Waals surface area contributed by atoms with Crippen LogP contribution >= 0.6 is 22.7 Å². The van der Waals surface area contributed by atoms with Gasteiger partial charge in [0, 0.05) is 89.7 Å². The summed E-state index contributed by atoms with van der Waals surface area (Å²) < 4.78 is 12.6. The van der Waals surface area contributed by atoms with Crippen LogP contribution < -0.4 is 0 Å². The largest absolute Gasteiger partial charge is 0.309 e. The molecule has 302 valence electrons. The molecule has 0 aliphatic carbocycles. The molecule has 0 N–H and O–H groups in total. The fraction of sp³-hybridized carbons (Fsp3) is 0. The van der Waals surface area contributed by atoms with Crippen LogP contribution in [0, 0.1) is 0 Å². The van der Waals surface area contributed by atoms with E-state index in [1.165, 1.54) is 134 Å². The fourth-order valence-electron chi connectivity index (χ4n) is 10.9. The number of para-hydroxylation sites is 4. The molecule has 10 aromatic carbocycles. The van der Waals surface area contributed by atoms with Gasteiger partial charge in [0.2, 0.25) is 0 Å². The maximum atomic E-state index is 2.46. The summed E-state index contributed by atoms with van der Waals surface area (Å²) in [5.41, 5.74) is 13.3. The molecule has 5 heterocycles. The molecule has 0 unspecified atom stereocenters. The SMILES string of the molecule is c1ccc2c(c1)sc1ccc(-n3c4ccccc4c4cc(-c5ccc6c(c5)c5ccccc5n6-c5ccc6sc7ccc(-n8c9ccccc9c9ccccc98)cc7c6c5)ccc43)cc12. The molecule has 0 aliphatic rings. The zero-order chi connectivity index (χ0) is 42.3. The molecular formula is C60H35N3S2. The number of aromatic nitrogens is 3. The van der Waals surface area contributed by atoms with Crippen molar-refractivity contribution >= 4 is 128 Å². The van der Waals surface area contributed by atoms with Gasteiger partial charge in [-0.05, 0) is 120 Å². The molecule has 0 bridgehead atoms. The summed E-state index contributed by atoms with van der Waals surface area (Å²) in [6, 6.07) is 79.0. The zero-order valence-corrected chi connectivity index (χ0v) is 36.5. The molecule has 0 radical (unpaired) electrons. The van der Waals surface area contributed by atoms with Gasteiger partial charge < -0.3 is 13.7 Å². The summed E-state index contributed by atoms with van der Waals surface area (Å²) in [7, 11) is 0. The number of benzene rings is 10. The average Bonchev–Trinajstić information content (AvgIpc) is 4.17. The van der Waals surface area contributed by atoms with E-state index in [0.717, 1.165) is 0 Å². The predicted octanol–water partition coefficient (Wildman–Crippen LogP) is 17.4. The Balaban J connectivity index is 0.871. The molecule has 3 nitrogen and oxygen atoms in total. The lowest BCUT2D eigenvalue weighted by atomic mass is 10.0. The van der Waals surface area contributed by atoms with Crippen LogP contribution in [0.25, 0.3) is 134 Å². The van der Waals surface area contributed by atoms with Crippen molar-refractivity contribution in [2.24, 2.45) is 0 Å². The Bertz CT molecular complexity index is 4440. The molecule has 15 rings (SSSR count). The number of hydrogen-bond acceptors (Lipinski definition) is 2. The van der Waals surface area contributed by atoms with E-state index in [2.05, 4.69) is 226 Å². The second kappa shape index (κ2) is 13.3. The fourth-order valence-corrected chi connectivity index (χ4v) is 13.1. The van der Waals surface area contributed by atoms with Gasteiger partial charge in [0.15, 0.2) is 0 Å². The van der Waals surface area contributed by atoms with E-state index in [4.69, 9.17) is 0 Å². The molecule has 0 saturated carbocycles. The standard InChI is InChI=1S/C60H35N3S2/c1-6-16-51-41(11-1)42-12-2-7-17-52(42)61(51)39-24-29-59-49(34-39)50-35-40(25-30-60(50)65-59)63-54-19-9-4-14-44(54)47-32-37(22-27-56(47)63)36-21-26-55-46(31-36)43-13-3-8-18-53(43)62(55)38-23-28-58-48(33-38)45-15-5-10-20-57(45)64-58/h1-35H. The molecule has 15 aromatic rings. The molecule has 0 aliphatic heterocycles. The Morgan fingerprint density at radius 3 is 0.938 bits per heavy atom. The second-order valence-electron chi connectivity index (χ2n) is 17.3. The third-order valence-electron chi connectivity index (χ3n) is 13.8. The van der Waals surface area contributed by atoms with Crippen molar-refractivity contribution < 1.29 is 0 Å². The lowest BCUT2D eigenvalue weighted by molar-refractivity contribution is 1.18. The lowest BCUT2D eigenvalue weighted by Gasteiger charge is -2.10. The maximum Gasteiger partial charge on any atom is 0.0541 e. The number of thiophene rings is 2. The van der Waals surface area contributed by atoms with Crippen LogP contribution in [0.5, 0.6) is 0 Å². The van der Waals surface area contributed by atoms with E-state index in [1.807, 2.05) is 22.7 Å². The van der Waals surface area contributed by atoms with Gasteiger partial charge in [-0.25, -0.2) is 0 Å². The predicted molar refractivity (Wildman–Crippen MR) is 281 cm³/mol. The van der Waals surface area contributed by atoms with E-state index in [9.17, 15) is 0 Å². The molecule has 0 amide bonds. The van der Waals surface area contributed by atoms with Gasteiger partial charge in [-0.1, -0.05) is 103 Å². The summed E-state index contributed by atoms with van der Waals surface area (Å²) in [6.45, 7) is 0. The van der Waals surface area contributed by atoms with Crippen molar-refractivity contribution in [3.05, 3.63) is 212 Å². The Morgan fingerprint density at radius 2 is 0.523 bits per heavy atom. The highest BCUT2D eigenvalue weighted by molar-refractivity contribution is 7.26. The van der Waals surface area contributed by atoms with Crippen molar-refractivity contribution in [3.8, 4) is 28.2 Å². The zero-order valence-electron chi connectivity index (χ0n) is 34.9. The molecule has 5 aromatic heterocycles. The van der Waals surface area contributed by atoms with Gasteiger partial charge >= 0.3 is 0 Å². The van der Waals surface area contributed by atoms with Crippen LogP contribution in [0.1, 0.15) is 0 Å². The van der Waals surface area contributed by atoms with E-state index in [0.29, 0.717) is 0 Å². The van der Waals surface area contributed by atoms with Crippen LogP contribution in [0.2, 0.25) is 0 Å². The third kappa shape index (κ3) is 5.05. The highest BCUT2D eigenvalue weighted by Gasteiger charge is 2.19. The maximum absolute atomic E-state index is 2.46. The molecule has 0 saturated heterocycles. The first-order valence-electron chi connectivity index (χ1n) is 22.2. The van der Waals surface area contributed by atoms with Crippen molar-refractivity contribution in [2.75, 3.05) is 0 Å². The smallest absolute Gasteiger partial charge is 0.0541 e. The first-order valence-corrected chi connectivity index (χ1v) is 23.8. The number of hydrogen-bond donors (Lipinski definition) is 0. The van der Waals surface area contributed by atoms with Crippen LogP contribution in [-0.4, -0.2) is 13.7 Å². The Kier molecular flexibility index (Phi) is 7.26. The minimum Gasteiger partial charge on any atom is -0.309 e. The van der Waals surface area contributed by atoms with Gasteiger partial charge in [-0.3, -0.25) is 0 Å². The highest BCUT2D eigenvalue weighted by Crippen LogP contribution is 2.43. The molecule has 5 heteroatoms. The van der Waals surface area contributed by atoms with Crippen LogP contribution in [-0.2, 0) is 0 Å². The monoisotopic (exact) mass is 861 g/mol. The minimum atomic E-state index is 1.17. The summed E-state index contributed by atoms with van der Waals surface area (Å²) in [4.78, 5) is 0. The summed E-state index contributed by atoms with van der Waals surface area (Å²) in [5.74, 6) is 0. The van der Waals surface area contributed by atoms with E-state index in [-0.39, 0.29) is 0 Å². The highest BCUT2D eigenvalue weighted by atomic mass is 32.1. The normalized spacial score (nSPS) is 12.3. The molecule has 0 fully saturated rings. The van der Waals surface area contributed by atoms with E-state index < -0.39 is 0 Å². The Hall–Kier alpha value is -7.96. The number of fused-ring (bicyclic) bond motifs is 15. The molecule has 0 atom stereocenters. The third-order valence-corrected chi connectivity index (χ3v) is 16.1. The van der Waals surface area contributed by atoms with Gasteiger partial charge in [0.05, 0.1) is 33.1 Å². The summed E-state index contributed by atoms with van der Waals surface area (Å²) in [6.07, 6.45) is 0. The molecule has 0 spiro atoms. The molecule has 65 heavy (non-hydrogen) atoms. The first kappa shape index (κ1) is 35.5. The van der Waals surface area contributed by atoms with Crippen LogP contribution in [0.4, 0.5) is 0 Å². The van der Waals surface area contributed by atoms with Crippen molar-refractivity contribution in [2.45, 2.75) is 0 Å². The Morgan fingerprint density at radius 1 is 0.215 bits per heavy atom. The number of rotatable bonds is 4. The van der Waals surface area contributed by atoms with Gasteiger partial charge in [0.25, 0.3) is 0 Å². The van der Waals surface area contributed by atoms with Crippen molar-refractivity contribution in [1.29, 1.82) is 0 Å². The first-order chi connectivity index (χ1) is 32.2. The van der Waals surface area contributed by atoms with Gasteiger partial charge in [-0.15, -0.1) is 22.7 Å². The second-order valence-corrected chi connectivity index (χ2v) is 19.4. The summed E-state index contributed by atoms with van der Waals surface area (Å²) >= 11 is 3.74. The molecular weight excluding hydrogens is 827 g/mol. The van der Waals surface area contributed by atoms with E-state index >= 15 is 0 Å². The van der Waals surface area contributed by atoms with Gasteiger partial charge in [0.1, 0.15) is 0 Å². The Labute approximate surface area is 380 Å². The van der Waals surface area contributed by atoms with Crippen molar-refractivity contribution in [3.63, 3.8) is 0 Å². The topological polar surface area (TPSA) is 14.8 Å².